The number of carbonyl (C=O) groups is 2. The zero-order valence-electron chi connectivity index (χ0n) is 46.1. The number of carbonyl (C=O) groups excluding carboxylic acids is 2. The lowest BCUT2D eigenvalue weighted by Crippen LogP contribution is -2.55. The second-order valence-corrected chi connectivity index (χ2v) is 20.3. The molecule has 3 rings (SSSR count). The van der Waals surface area contributed by atoms with E-state index in [9.17, 15) is 19.8 Å². The first-order valence-corrected chi connectivity index (χ1v) is 25.9. The van der Waals surface area contributed by atoms with Crippen molar-refractivity contribution in [1.29, 1.82) is 0 Å². The summed E-state index contributed by atoms with van der Waals surface area (Å²) in [5.41, 5.74) is 13.2. The Labute approximate surface area is 478 Å². The van der Waals surface area contributed by atoms with Gasteiger partial charge in [-0.25, -0.2) is 4.98 Å². The summed E-state index contributed by atoms with van der Waals surface area (Å²) >= 11 is 14.2. The SMILES string of the molecule is C.C.CC(C)(O)C(C)(O)COCCOCCOCCOCCN=[N+]=[N-].CC(C)C[C@H](NC(=O)[C@H](Cc1ccccc1)NC(=O)c1cnccn1)B1OC(C)(C)C(C)(COCCOCCOCCOCCN=[N+]=[N-])O1.[2H]C(Cl)(Cl)Cl. The lowest BCUT2D eigenvalue weighted by molar-refractivity contribution is -0.156. The molecule has 0 aliphatic carbocycles. The lowest BCUT2D eigenvalue weighted by atomic mass is 9.73. The van der Waals surface area contributed by atoms with Gasteiger partial charge in [0, 0.05) is 41.7 Å². The first-order chi connectivity index (χ1) is 36.4. The van der Waals surface area contributed by atoms with Crippen molar-refractivity contribution in [3.8, 4) is 0 Å². The van der Waals surface area contributed by atoms with Crippen molar-refractivity contribution in [3.63, 3.8) is 0 Å². The van der Waals surface area contributed by atoms with Crippen LogP contribution in [-0.2, 0) is 58.4 Å². The van der Waals surface area contributed by atoms with Gasteiger partial charge in [0.2, 0.25) is 5.91 Å². The molecule has 24 nitrogen and oxygen atoms in total. The van der Waals surface area contributed by atoms with Crippen molar-refractivity contribution in [1.82, 2.24) is 20.6 Å². The van der Waals surface area contributed by atoms with Crippen molar-refractivity contribution in [2.75, 3.05) is 119 Å². The van der Waals surface area contributed by atoms with Crippen LogP contribution in [0.5, 0.6) is 0 Å². The molecular formula is C50H88BCl3N10O14. The zero-order chi connectivity index (χ0) is 57.6. The number of halogens is 3. The first kappa shape index (κ1) is 74.3. The van der Waals surface area contributed by atoms with Crippen molar-refractivity contribution in [2.24, 2.45) is 16.1 Å². The summed E-state index contributed by atoms with van der Waals surface area (Å²) < 4.78 is 60.7. The molecule has 1 fully saturated rings. The van der Waals surface area contributed by atoms with E-state index < -0.39 is 51.7 Å². The molecule has 1 aromatic carbocycles. The summed E-state index contributed by atoms with van der Waals surface area (Å²) in [7, 11) is -0.750. The maximum absolute atomic E-state index is 13.9. The third-order valence-corrected chi connectivity index (χ3v) is 11.3. The molecule has 0 radical (unpaired) electrons. The molecule has 1 saturated heterocycles. The van der Waals surface area contributed by atoms with E-state index in [1.165, 1.54) is 39.4 Å². The second kappa shape index (κ2) is 44.0. The minimum absolute atomic E-state index is 0. The quantitative estimate of drug-likeness (QED) is 0.0126. The highest BCUT2D eigenvalue weighted by atomic mass is 35.6. The Morgan fingerprint density at radius 1 is 0.756 bits per heavy atom. The molecule has 1 aliphatic heterocycles. The average Bonchev–Trinajstić information content (AvgIpc) is 3.60. The molecule has 0 bridgehead atoms. The molecular weight excluding hydrogens is 1080 g/mol. The molecule has 446 valence electrons. The number of aromatic nitrogens is 2. The number of rotatable bonds is 38. The molecule has 2 aromatic rings. The van der Waals surface area contributed by atoms with Crippen LogP contribution in [0.4, 0.5) is 0 Å². The Morgan fingerprint density at radius 2 is 1.22 bits per heavy atom. The van der Waals surface area contributed by atoms with E-state index >= 15 is 0 Å². The summed E-state index contributed by atoms with van der Waals surface area (Å²) in [5, 5.41) is 32.4. The monoisotopic (exact) mass is 1170 g/mol. The lowest BCUT2D eigenvalue weighted by Gasteiger charge is -2.36. The molecule has 28 heteroatoms. The third kappa shape index (κ3) is 35.1. The highest BCUT2D eigenvalue weighted by Gasteiger charge is 2.57. The summed E-state index contributed by atoms with van der Waals surface area (Å²) in [6, 6.07) is 8.61. The van der Waals surface area contributed by atoms with Gasteiger partial charge in [0.05, 0.1) is 130 Å². The summed E-state index contributed by atoms with van der Waals surface area (Å²) in [6.07, 6.45) is 5.13. The minimum atomic E-state index is -1.83. The first-order valence-electron chi connectivity index (χ1n) is 25.3. The van der Waals surface area contributed by atoms with Gasteiger partial charge in [-0.05, 0) is 70.5 Å². The molecule has 1 aromatic heterocycles. The molecule has 4 N–H and O–H groups in total. The zero-order valence-corrected chi connectivity index (χ0v) is 47.3. The molecule has 4 atom stereocenters. The highest BCUT2D eigenvalue weighted by molar-refractivity contribution is 6.63. The van der Waals surface area contributed by atoms with Gasteiger partial charge in [0.25, 0.3) is 5.91 Å². The standard InChI is InChI=1S/C33H50BN7O8.C14H29N3O6.CHCl3.2CH4/c1-25(2)21-29(40-30(42)27(22-26-9-7-6-8-10-26)39-31(43)28-23-36-11-12-37-28)34-48-32(3,4)33(5,49-34)24-47-20-19-46-18-17-45-16-15-44-14-13-38-41-35;1-13(2,18)14(3,19)12-23-11-10-22-9-8-21-7-6-20-5-4-16-17-15;2-1(3)4;;/h6-12,23,25,27,29H,13-22,24H2,1-5H3,(H,39,43)(H,40,42);18-19H,4-12H2,1-3H3;1H;2*1H4/t27-,29-,33?;;;;/m0..../s1/i;;1D;;. The van der Waals surface area contributed by atoms with Gasteiger partial charge < -0.3 is 68.1 Å². The Bertz CT molecular complexity index is 1990. The van der Waals surface area contributed by atoms with E-state index in [0.717, 1.165) is 5.56 Å². The van der Waals surface area contributed by atoms with Gasteiger partial charge in [-0.2, -0.15) is 0 Å². The molecule has 2 amide bonds. The molecule has 1 aliphatic rings. The maximum atomic E-state index is 13.9. The fraction of sp³-hybridized carbons (Fsp3) is 0.760. The Balaban J connectivity index is 0. The molecule has 78 heavy (non-hydrogen) atoms. The van der Waals surface area contributed by atoms with Gasteiger partial charge in [0.1, 0.15) is 22.9 Å². The Kier molecular flexibility index (Phi) is 41.9. The van der Waals surface area contributed by atoms with E-state index in [2.05, 4.69) is 54.5 Å². The number of amides is 2. The van der Waals surface area contributed by atoms with Crippen molar-refractivity contribution >= 4 is 53.7 Å². The Hall–Kier alpha value is -3.69. The van der Waals surface area contributed by atoms with Crippen LogP contribution in [0, 0.1) is 5.92 Å². The summed E-state index contributed by atoms with van der Waals surface area (Å²) in [6.45, 7) is 21.0. The smallest absolute Gasteiger partial charge is 0.402 e. The van der Waals surface area contributed by atoms with Crippen LogP contribution in [0.15, 0.2) is 59.2 Å². The number of nitrogens with one attached hydrogen (secondary N) is 2. The fourth-order valence-corrected chi connectivity index (χ4v) is 6.28. The number of benzene rings is 1. The van der Waals surface area contributed by atoms with Crippen LogP contribution in [-0.4, -0.2) is 197 Å². The predicted molar refractivity (Wildman–Crippen MR) is 302 cm³/mol. The van der Waals surface area contributed by atoms with Crippen LogP contribution in [0.3, 0.4) is 0 Å². The van der Waals surface area contributed by atoms with Crippen LogP contribution in [0.2, 0.25) is 0 Å². The molecule has 0 spiro atoms. The predicted octanol–water partition coefficient (Wildman–Crippen LogP) is 7.48. The fourth-order valence-electron chi connectivity index (χ4n) is 6.28. The van der Waals surface area contributed by atoms with E-state index in [0.29, 0.717) is 112 Å². The van der Waals surface area contributed by atoms with Crippen molar-refractivity contribution in [2.45, 2.75) is 122 Å². The Morgan fingerprint density at radius 3 is 1.65 bits per heavy atom. The molecule has 2 heterocycles. The number of aliphatic hydroxyl groups is 2. The van der Waals surface area contributed by atoms with Gasteiger partial charge >= 0.3 is 7.12 Å². The topological polar surface area (TPSA) is 314 Å². The summed E-state index contributed by atoms with van der Waals surface area (Å²) in [4.78, 5) is 40.2. The number of ether oxygens (including phenoxy) is 8. The number of azide groups is 2. The van der Waals surface area contributed by atoms with Crippen LogP contribution in [0.25, 0.3) is 20.9 Å². The molecule has 2 unspecified atom stereocenters. The van der Waals surface area contributed by atoms with E-state index in [-0.39, 0.29) is 52.0 Å². The normalized spacial score (nSPS) is 16.4. The van der Waals surface area contributed by atoms with Gasteiger partial charge in [-0.3, -0.25) is 14.6 Å². The van der Waals surface area contributed by atoms with Gasteiger partial charge in [-0.1, -0.05) is 104 Å². The van der Waals surface area contributed by atoms with Crippen molar-refractivity contribution in [3.05, 3.63) is 81.1 Å². The number of hydrogen-bond acceptors (Lipinski definition) is 18. The third-order valence-electron chi connectivity index (χ3n) is 11.3. The largest absolute Gasteiger partial charge is 0.481 e. The molecule has 0 saturated carbocycles. The summed E-state index contributed by atoms with van der Waals surface area (Å²) in [5.74, 6) is -1.14. The number of alkyl halides is 3. The van der Waals surface area contributed by atoms with Crippen molar-refractivity contribution < 1.29 is 68.4 Å². The average molecular weight is 1170 g/mol. The number of nitrogens with zero attached hydrogens (tertiary/aromatic N) is 8. The van der Waals surface area contributed by atoms with E-state index in [1.807, 2.05) is 51.1 Å². The minimum Gasteiger partial charge on any atom is -0.402 e. The van der Waals surface area contributed by atoms with E-state index in [1.54, 1.807) is 0 Å². The van der Waals surface area contributed by atoms with Crippen LogP contribution < -0.4 is 10.6 Å². The van der Waals surface area contributed by atoms with Gasteiger partial charge in [0.15, 0.2) is 4.27 Å². The van der Waals surface area contributed by atoms with Crippen LogP contribution >= 0.6 is 34.8 Å². The highest BCUT2D eigenvalue weighted by Crippen LogP contribution is 2.39. The second-order valence-electron chi connectivity index (χ2n) is 18.6. The maximum Gasteiger partial charge on any atom is 0.481 e. The van der Waals surface area contributed by atoms with E-state index in [4.69, 9.17) is 94.4 Å². The number of hydrogen-bond donors (Lipinski definition) is 4. The van der Waals surface area contributed by atoms with Gasteiger partial charge in [-0.15, -0.1) is 0 Å². The van der Waals surface area contributed by atoms with Crippen LogP contribution in [0.1, 0.15) is 94.1 Å².